The van der Waals surface area contributed by atoms with E-state index in [-0.39, 0.29) is 5.91 Å². The van der Waals surface area contributed by atoms with Crippen molar-refractivity contribution in [2.75, 3.05) is 12.9 Å². The molecule has 1 amide bonds. The number of thioether (sulfide) groups is 1. The van der Waals surface area contributed by atoms with Crippen molar-refractivity contribution in [3.63, 3.8) is 0 Å². The summed E-state index contributed by atoms with van der Waals surface area (Å²) >= 11 is 1.51. The topological polar surface area (TPSA) is 69.5 Å². The summed E-state index contributed by atoms with van der Waals surface area (Å²) < 4.78 is 13.2. The minimum Gasteiger partial charge on any atom is -0.497 e. The fourth-order valence-corrected chi connectivity index (χ4v) is 6.19. The molecule has 2 aliphatic carbocycles. The molecule has 1 heterocycles. The Kier molecular flexibility index (Phi) is 9.13. The number of methoxy groups -OCH3 is 1. The first kappa shape index (κ1) is 24.9. The van der Waals surface area contributed by atoms with E-state index < -0.39 is 0 Å². The first-order valence-electron chi connectivity index (χ1n) is 12.8. The lowest BCUT2D eigenvalue weighted by atomic mass is 9.88. The Hall–Kier alpha value is -2.22. The first-order chi connectivity index (χ1) is 16.7. The summed E-state index contributed by atoms with van der Waals surface area (Å²) in [6.07, 6.45) is 12.2. The van der Waals surface area contributed by atoms with Crippen molar-refractivity contribution >= 4 is 17.7 Å². The van der Waals surface area contributed by atoms with Crippen molar-refractivity contribution in [2.45, 2.75) is 102 Å². The van der Waals surface area contributed by atoms with Crippen molar-refractivity contribution in [3.8, 4) is 11.5 Å². The molecular weight excluding hydrogens is 448 g/mol. The fourth-order valence-electron chi connectivity index (χ4n) is 5.29. The lowest BCUT2D eigenvalue weighted by molar-refractivity contribution is -0.135. The number of hydrogen-bond acceptors (Lipinski definition) is 6. The van der Waals surface area contributed by atoms with Gasteiger partial charge in [0.1, 0.15) is 18.1 Å². The van der Waals surface area contributed by atoms with Gasteiger partial charge in [-0.25, -0.2) is 0 Å². The number of ether oxygens (including phenoxy) is 2. The van der Waals surface area contributed by atoms with Crippen molar-refractivity contribution in [1.82, 2.24) is 19.7 Å². The Morgan fingerprint density at radius 1 is 0.971 bits per heavy atom. The van der Waals surface area contributed by atoms with Gasteiger partial charge in [0.15, 0.2) is 11.0 Å². The number of benzene rings is 1. The van der Waals surface area contributed by atoms with Crippen LogP contribution in [0.2, 0.25) is 0 Å². The number of carbonyl (C=O) groups excluding carboxylic acids is 1. The summed E-state index contributed by atoms with van der Waals surface area (Å²) in [5, 5.41) is 9.53. The Bertz CT molecular complexity index is 887. The van der Waals surface area contributed by atoms with E-state index in [2.05, 4.69) is 22.0 Å². The van der Waals surface area contributed by atoms with Gasteiger partial charge in [0.25, 0.3) is 0 Å². The van der Waals surface area contributed by atoms with Crippen molar-refractivity contribution in [3.05, 3.63) is 30.1 Å². The zero-order valence-corrected chi connectivity index (χ0v) is 21.4. The molecule has 1 aromatic heterocycles. The predicted octanol–water partition coefficient (Wildman–Crippen LogP) is 5.47. The van der Waals surface area contributed by atoms with E-state index in [4.69, 9.17) is 9.47 Å². The van der Waals surface area contributed by atoms with E-state index in [9.17, 15) is 4.79 Å². The Morgan fingerprint density at radius 2 is 1.56 bits per heavy atom. The number of nitrogens with zero attached hydrogens (tertiary/aromatic N) is 4. The molecule has 0 spiro atoms. The highest BCUT2D eigenvalue weighted by atomic mass is 32.2. The zero-order valence-electron chi connectivity index (χ0n) is 20.6. The van der Waals surface area contributed by atoms with Gasteiger partial charge in [-0.3, -0.25) is 4.79 Å². The molecule has 2 fully saturated rings. The van der Waals surface area contributed by atoms with Crippen LogP contribution in [0.5, 0.6) is 11.5 Å². The Balaban J connectivity index is 1.38. The predicted molar refractivity (Wildman–Crippen MR) is 134 cm³/mol. The molecule has 0 unspecified atom stereocenters. The molecule has 0 bridgehead atoms. The first-order valence-corrected chi connectivity index (χ1v) is 13.8. The van der Waals surface area contributed by atoms with Crippen LogP contribution in [0.4, 0.5) is 0 Å². The molecule has 0 radical (unpaired) electrons. The fraction of sp³-hybridized carbons (Fsp3) is 0.654. The van der Waals surface area contributed by atoms with Crippen LogP contribution in [-0.4, -0.2) is 50.5 Å². The summed E-state index contributed by atoms with van der Waals surface area (Å²) in [5.41, 5.74) is 0. The third-order valence-corrected chi connectivity index (χ3v) is 8.04. The molecule has 1 aromatic carbocycles. The smallest absolute Gasteiger partial charge is 0.233 e. The minimum absolute atomic E-state index is 0.269. The van der Waals surface area contributed by atoms with E-state index in [0.29, 0.717) is 24.4 Å². The normalized spacial score (nSPS) is 17.5. The molecule has 8 heteroatoms. The van der Waals surface area contributed by atoms with E-state index in [1.54, 1.807) is 7.11 Å². The highest BCUT2D eigenvalue weighted by Gasteiger charge is 2.32. The van der Waals surface area contributed by atoms with Gasteiger partial charge in [-0.15, -0.1) is 10.2 Å². The molecule has 0 saturated heterocycles. The molecular formula is C26H38N4O3S. The molecule has 34 heavy (non-hydrogen) atoms. The lowest BCUT2D eigenvalue weighted by Crippen LogP contribution is -2.49. The Labute approximate surface area is 207 Å². The highest BCUT2D eigenvalue weighted by Crippen LogP contribution is 2.31. The van der Waals surface area contributed by atoms with Crippen molar-refractivity contribution < 1.29 is 14.3 Å². The van der Waals surface area contributed by atoms with Gasteiger partial charge in [-0.1, -0.05) is 50.3 Å². The number of amides is 1. The van der Waals surface area contributed by atoms with Crippen LogP contribution in [0.25, 0.3) is 0 Å². The minimum atomic E-state index is 0.269. The molecule has 4 rings (SSSR count). The molecule has 2 saturated carbocycles. The van der Waals surface area contributed by atoms with Crippen LogP contribution < -0.4 is 9.47 Å². The SMILES string of the molecule is CCn1c(COc2ccc(OC)cc2)nnc1SCC(=O)N(C1CCCCC1)C1CCCCC1. The van der Waals surface area contributed by atoms with Gasteiger partial charge < -0.3 is 18.9 Å². The number of aromatic nitrogens is 3. The van der Waals surface area contributed by atoms with Crippen LogP contribution in [0.1, 0.15) is 77.0 Å². The maximum atomic E-state index is 13.5. The average molecular weight is 487 g/mol. The molecule has 2 aromatic rings. The van der Waals surface area contributed by atoms with Crippen LogP contribution >= 0.6 is 11.8 Å². The largest absolute Gasteiger partial charge is 0.497 e. The van der Waals surface area contributed by atoms with E-state index in [1.165, 1.54) is 50.3 Å². The lowest BCUT2D eigenvalue weighted by Gasteiger charge is -2.41. The highest BCUT2D eigenvalue weighted by molar-refractivity contribution is 7.99. The van der Waals surface area contributed by atoms with Crippen molar-refractivity contribution in [2.24, 2.45) is 0 Å². The van der Waals surface area contributed by atoms with Gasteiger partial charge in [0.05, 0.1) is 12.9 Å². The van der Waals surface area contributed by atoms with Gasteiger partial charge in [0, 0.05) is 18.6 Å². The Morgan fingerprint density at radius 3 is 2.12 bits per heavy atom. The summed E-state index contributed by atoms with van der Waals surface area (Å²) in [6.45, 7) is 3.14. The third kappa shape index (κ3) is 6.26. The van der Waals surface area contributed by atoms with Crippen LogP contribution in [-0.2, 0) is 17.9 Å². The third-order valence-electron chi connectivity index (χ3n) is 7.09. The van der Waals surface area contributed by atoms with Crippen LogP contribution in [0.15, 0.2) is 29.4 Å². The number of rotatable bonds is 10. The summed E-state index contributed by atoms with van der Waals surface area (Å²) in [5.74, 6) is 3.01. The molecule has 0 N–H and O–H groups in total. The van der Waals surface area contributed by atoms with Gasteiger partial charge in [-0.05, 0) is 56.9 Å². The second kappa shape index (κ2) is 12.5. The summed E-state index contributed by atoms with van der Waals surface area (Å²) in [6, 6.07) is 8.34. The average Bonchev–Trinajstić information content (AvgIpc) is 3.29. The van der Waals surface area contributed by atoms with E-state index in [1.807, 2.05) is 28.8 Å². The standard InChI is InChI=1S/C26H38N4O3S/c1-3-29-24(18-33-23-16-14-22(32-2)15-17-23)27-28-26(29)34-19-25(31)30(20-10-6-4-7-11-20)21-12-8-5-9-13-21/h14-17,20-21H,3-13,18-19H2,1-2H3. The molecule has 7 nitrogen and oxygen atoms in total. The maximum absolute atomic E-state index is 13.5. The van der Waals surface area contributed by atoms with Gasteiger partial charge in [0.2, 0.25) is 5.91 Å². The van der Waals surface area contributed by atoms with E-state index >= 15 is 0 Å². The zero-order chi connectivity index (χ0) is 23.8. The monoisotopic (exact) mass is 486 g/mol. The number of hydrogen-bond donors (Lipinski definition) is 0. The van der Waals surface area contributed by atoms with Gasteiger partial charge in [-0.2, -0.15) is 0 Å². The number of carbonyl (C=O) groups is 1. The van der Waals surface area contributed by atoms with E-state index in [0.717, 1.165) is 54.7 Å². The molecule has 0 atom stereocenters. The molecule has 0 aliphatic heterocycles. The van der Waals surface area contributed by atoms with Crippen LogP contribution in [0, 0.1) is 0 Å². The second-order valence-corrected chi connectivity index (χ2v) is 10.2. The quantitative estimate of drug-likeness (QED) is 0.415. The van der Waals surface area contributed by atoms with Crippen molar-refractivity contribution in [1.29, 1.82) is 0 Å². The molecule has 2 aliphatic rings. The summed E-state index contributed by atoms with van der Waals surface area (Å²) in [4.78, 5) is 15.8. The molecule has 186 valence electrons. The van der Waals surface area contributed by atoms with Gasteiger partial charge >= 0.3 is 0 Å². The maximum Gasteiger partial charge on any atom is 0.233 e. The summed E-state index contributed by atoms with van der Waals surface area (Å²) in [7, 11) is 1.65. The van der Waals surface area contributed by atoms with Crippen LogP contribution in [0.3, 0.4) is 0 Å². The second-order valence-electron chi connectivity index (χ2n) is 9.28.